The van der Waals surface area contributed by atoms with Crippen molar-refractivity contribution in [3.63, 3.8) is 0 Å². The summed E-state index contributed by atoms with van der Waals surface area (Å²) >= 11 is 0. The molecule has 1 aromatic heterocycles. The van der Waals surface area contributed by atoms with Gasteiger partial charge >= 0.3 is 0 Å². The molecule has 1 atom stereocenters. The smallest absolute Gasteiger partial charge is 0.249 e. The number of hydrogen-bond acceptors (Lipinski definition) is 4. The number of amides is 1. The van der Waals surface area contributed by atoms with Gasteiger partial charge in [-0.3, -0.25) is 10.1 Å². The molecule has 2 heterocycles. The van der Waals surface area contributed by atoms with E-state index < -0.39 is 0 Å². The fourth-order valence-electron chi connectivity index (χ4n) is 2.44. The van der Waals surface area contributed by atoms with Crippen molar-refractivity contribution in [2.75, 3.05) is 10.6 Å². The fourth-order valence-corrected chi connectivity index (χ4v) is 2.44. The summed E-state index contributed by atoms with van der Waals surface area (Å²) in [6.07, 6.45) is 0.687. The van der Waals surface area contributed by atoms with Crippen molar-refractivity contribution in [2.24, 2.45) is 0 Å². The first-order valence-corrected chi connectivity index (χ1v) is 6.59. The Labute approximate surface area is 117 Å². The molecule has 2 aromatic rings. The molecule has 1 aliphatic rings. The van der Waals surface area contributed by atoms with Crippen LogP contribution in [0.2, 0.25) is 0 Å². The van der Waals surface area contributed by atoms with Crippen LogP contribution in [0.4, 0.5) is 11.6 Å². The van der Waals surface area contributed by atoms with Gasteiger partial charge in [0.15, 0.2) is 0 Å². The predicted octanol–water partition coefficient (Wildman–Crippen LogP) is 2.07. The van der Waals surface area contributed by atoms with E-state index in [4.69, 9.17) is 0 Å². The Morgan fingerprint density at radius 2 is 1.95 bits per heavy atom. The van der Waals surface area contributed by atoms with Crippen molar-refractivity contribution in [3.8, 4) is 0 Å². The second-order valence-electron chi connectivity index (χ2n) is 5.02. The third-order valence-electron chi connectivity index (χ3n) is 3.30. The minimum Gasteiger partial charge on any atom is -0.373 e. The van der Waals surface area contributed by atoms with Gasteiger partial charge in [0.25, 0.3) is 0 Å². The molecule has 0 saturated heterocycles. The van der Waals surface area contributed by atoms with E-state index in [1.54, 1.807) is 0 Å². The van der Waals surface area contributed by atoms with Gasteiger partial charge in [0.1, 0.15) is 6.04 Å². The van der Waals surface area contributed by atoms with Gasteiger partial charge in [-0.1, -0.05) is 18.2 Å². The third-order valence-corrected chi connectivity index (χ3v) is 3.30. The molecular weight excluding hydrogens is 252 g/mol. The molecule has 1 aliphatic heterocycles. The maximum atomic E-state index is 12.3. The average molecular weight is 268 g/mol. The summed E-state index contributed by atoms with van der Waals surface area (Å²) in [4.78, 5) is 20.7. The average Bonchev–Trinajstić information content (AvgIpc) is 2.81. The lowest BCUT2D eigenvalue weighted by Gasteiger charge is -2.11. The van der Waals surface area contributed by atoms with E-state index in [0.29, 0.717) is 12.4 Å². The monoisotopic (exact) mass is 268 g/mol. The van der Waals surface area contributed by atoms with E-state index in [2.05, 4.69) is 20.6 Å². The highest BCUT2D eigenvalue weighted by atomic mass is 16.2. The summed E-state index contributed by atoms with van der Waals surface area (Å²) in [6, 6.07) is 9.56. The molecule has 0 aliphatic carbocycles. The first kappa shape index (κ1) is 12.6. The third kappa shape index (κ3) is 2.47. The summed E-state index contributed by atoms with van der Waals surface area (Å²) in [5.41, 5.74) is 3.87. The number of benzene rings is 1. The molecule has 2 N–H and O–H groups in total. The van der Waals surface area contributed by atoms with Gasteiger partial charge in [-0.05, 0) is 31.5 Å². The van der Waals surface area contributed by atoms with Crippen LogP contribution in [-0.4, -0.2) is 21.9 Å². The number of fused-ring (bicyclic) bond motifs is 1. The molecule has 5 heteroatoms. The number of carbonyl (C=O) groups is 1. The van der Waals surface area contributed by atoms with Gasteiger partial charge in [-0.25, -0.2) is 9.97 Å². The molecule has 0 saturated carbocycles. The minimum atomic E-state index is -0.267. The zero-order chi connectivity index (χ0) is 14.1. The van der Waals surface area contributed by atoms with Crippen LogP contribution in [0.1, 0.15) is 17.0 Å². The number of nitrogens with one attached hydrogen (secondary N) is 2. The van der Waals surface area contributed by atoms with Gasteiger partial charge in [0.05, 0.1) is 0 Å². The molecule has 1 amide bonds. The Morgan fingerprint density at radius 3 is 2.65 bits per heavy atom. The molecule has 20 heavy (non-hydrogen) atoms. The van der Waals surface area contributed by atoms with Gasteiger partial charge in [0, 0.05) is 23.5 Å². The number of aryl methyl sites for hydroxylation is 2. The van der Waals surface area contributed by atoms with Crippen LogP contribution < -0.4 is 10.6 Å². The van der Waals surface area contributed by atoms with Gasteiger partial charge < -0.3 is 5.32 Å². The standard InChI is InChI=1S/C15H16N4O/c1-9-7-10(2)17-15(16-9)19-14(20)13-8-11-5-3-4-6-12(11)18-13/h3-7,13,18H,8H2,1-2H3,(H,16,17,19,20). The van der Waals surface area contributed by atoms with Crippen LogP contribution >= 0.6 is 0 Å². The highest BCUT2D eigenvalue weighted by molar-refractivity contribution is 5.96. The molecule has 3 rings (SSSR count). The molecule has 1 aromatic carbocycles. The van der Waals surface area contributed by atoms with Crippen LogP contribution in [-0.2, 0) is 11.2 Å². The highest BCUT2D eigenvalue weighted by Crippen LogP contribution is 2.25. The molecule has 0 fully saturated rings. The molecule has 0 spiro atoms. The number of para-hydroxylation sites is 1. The molecule has 5 nitrogen and oxygen atoms in total. The summed E-state index contributed by atoms with van der Waals surface area (Å²) in [7, 11) is 0. The quantitative estimate of drug-likeness (QED) is 0.875. The SMILES string of the molecule is Cc1cc(C)nc(NC(=O)C2Cc3ccccc3N2)n1. The largest absolute Gasteiger partial charge is 0.373 e. The van der Waals surface area contributed by atoms with Gasteiger partial charge in [-0.15, -0.1) is 0 Å². The van der Waals surface area contributed by atoms with Crippen molar-refractivity contribution >= 4 is 17.5 Å². The van der Waals surface area contributed by atoms with Crippen LogP contribution in [0.5, 0.6) is 0 Å². The van der Waals surface area contributed by atoms with Crippen molar-refractivity contribution in [1.82, 2.24) is 9.97 Å². The van der Waals surface area contributed by atoms with Crippen molar-refractivity contribution in [3.05, 3.63) is 47.3 Å². The zero-order valence-electron chi connectivity index (χ0n) is 11.5. The maximum absolute atomic E-state index is 12.3. The normalized spacial score (nSPS) is 16.4. The fraction of sp³-hybridized carbons (Fsp3) is 0.267. The van der Waals surface area contributed by atoms with E-state index in [-0.39, 0.29) is 11.9 Å². The van der Waals surface area contributed by atoms with E-state index in [1.165, 1.54) is 0 Å². The number of hydrogen-bond donors (Lipinski definition) is 2. The molecule has 102 valence electrons. The van der Waals surface area contributed by atoms with Crippen LogP contribution in [0, 0.1) is 13.8 Å². The number of rotatable bonds is 2. The molecule has 1 unspecified atom stereocenters. The van der Waals surface area contributed by atoms with Gasteiger partial charge in [-0.2, -0.15) is 0 Å². The van der Waals surface area contributed by atoms with Crippen molar-refractivity contribution < 1.29 is 4.79 Å². The van der Waals surface area contributed by atoms with E-state index in [0.717, 1.165) is 22.6 Å². The van der Waals surface area contributed by atoms with Crippen LogP contribution in [0.15, 0.2) is 30.3 Å². The molecular formula is C15H16N4O. The summed E-state index contributed by atoms with van der Waals surface area (Å²) in [5, 5.41) is 5.99. The predicted molar refractivity (Wildman–Crippen MR) is 77.7 cm³/mol. The summed E-state index contributed by atoms with van der Waals surface area (Å²) in [5.74, 6) is 0.261. The Kier molecular flexibility index (Phi) is 3.10. The molecule has 0 radical (unpaired) electrons. The second-order valence-corrected chi connectivity index (χ2v) is 5.02. The molecule has 0 bridgehead atoms. The van der Waals surface area contributed by atoms with E-state index >= 15 is 0 Å². The Morgan fingerprint density at radius 1 is 1.25 bits per heavy atom. The lowest BCUT2D eigenvalue weighted by molar-refractivity contribution is -0.116. The Hall–Kier alpha value is -2.43. The van der Waals surface area contributed by atoms with Crippen LogP contribution in [0.25, 0.3) is 0 Å². The minimum absolute atomic E-state index is 0.105. The topological polar surface area (TPSA) is 66.9 Å². The second kappa shape index (κ2) is 4.92. The van der Waals surface area contributed by atoms with Gasteiger partial charge in [0.2, 0.25) is 11.9 Å². The Bertz CT molecular complexity index is 623. The van der Waals surface area contributed by atoms with E-state index in [1.807, 2.05) is 44.2 Å². The number of nitrogens with zero attached hydrogens (tertiary/aromatic N) is 2. The Balaban J connectivity index is 1.72. The highest BCUT2D eigenvalue weighted by Gasteiger charge is 2.26. The number of aromatic nitrogens is 2. The number of anilines is 2. The summed E-state index contributed by atoms with van der Waals surface area (Å²) < 4.78 is 0. The zero-order valence-corrected chi connectivity index (χ0v) is 11.5. The lowest BCUT2D eigenvalue weighted by Crippen LogP contribution is -2.33. The van der Waals surface area contributed by atoms with Crippen molar-refractivity contribution in [2.45, 2.75) is 26.3 Å². The van der Waals surface area contributed by atoms with E-state index in [9.17, 15) is 4.79 Å². The number of carbonyl (C=O) groups excluding carboxylic acids is 1. The maximum Gasteiger partial charge on any atom is 0.249 e. The first-order valence-electron chi connectivity index (χ1n) is 6.59. The van der Waals surface area contributed by atoms with Crippen LogP contribution in [0.3, 0.4) is 0 Å². The van der Waals surface area contributed by atoms with Crippen molar-refractivity contribution in [1.29, 1.82) is 0 Å². The first-order chi connectivity index (χ1) is 9.61. The lowest BCUT2D eigenvalue weighted by atomic mass is 10.1. The summed E-state index contributed by atoms with van der Waals surface area (Å²) in [6.45, 7) is 3.77.